The number of ether oxygens (including phenoxy) is 2. The van der Waals surface area contributed by atoms with Crippen molar-refractivity contribution in [3.05, 3.63) is 53.7 Å². The predicted molar refractivity (Wildman–Crippen MR) is 111 cm³/mol. The molecule has 27 heavy (non-hydrogen) atoms. The number of hydrogen-bond acceptors (Lipinski definition) is 6. The van der Waals surface area contributed by atoms with E-state index in [-0.39, 0.29) is 0 Å². The minimum atomic E-state index is 0.612. The van der Waals surface area contributed by atoms with E-state index in [4.69, 9.17) is 9.47 Å². The van der Waals surface area contributed by atoms with Gasteiger partial charge in [0.2, 0.25) is 0 Å². The second-order valence-electron chi connectivity index (χ2n) is 5.85. The molecule has 2 aromatic rings. The van der Waals surface area contributed by atoms with Crippen molar-refractivity contribution in [2.45, 2.75) is 27.3 Å². The summed E-state index contributed by atoms with van der Waals surface area (Å²) in [5, 5.41) is 4.44. The van der Waals surface area contributed by atoms with Crippen molar-refractivity contribution in [3.8, 4) is 5.75 Å². The van der Waals surface area contributed by atoms with E-state index in [9.17, 15) is 0 Å². The van der Waals surface area contributed by atoms with Gasteiger partial charge in [0.15, 0.2) is 0 Å². The van der Waals surface area contributed by atoms with E-state index < -0.39 is 0 Å². The number of hydrogen-bond donors (Lipinski definition) is 1. The summed E-state index contributed by atoms with van der Waals surface area (Å²) in [6.07, 6.45) is 1.87. The molecule has 1 N–H and O–H groups in total. The monoisotopic (exact) mass is 370 g/mol. The van der Waals surface area contributed by atoms with Crippen molar-refractivity contribution in [3.63, 3.8) is 0 Å². The number of methoxy groups -OCH3 is 1. The van der Waals surface area contributed by atoms with Crippen LogP contribution in [0.25, 0.3) is 0 Å². The highest BCUT2D eigenvalue weighted by Crippen LogP contribution is 2.17. The molecule has 1 aromatic heterocycles. The highest BCUT2D eigenvalue weighted by Gasteiger charge is 2.12. The van der Waals surface area contributed by atoms with Crippen LogP contribution in [0.5, 0.6) is 5.75 Å². The molecule has 0 atom stereocenters. The Hall–Kier alpha value is -2.60. The molecule has 1 aromatic carbocycles. The van der Waals surface area contributed by atoms with Gasteiger partial charge in [-0.2, -0.15) is 5.10 Å². The first-order chi connectivity index (χ1) is 13.3. The molecule has 0 saturated carbocycles. The van der Waals surface area contributed by atoms with E-state index in [1.54, 1.807) is 7.11 Å². The number of hydrazone groups is 1. The third-order valence-corrected chi connectivity index (χ3v) is 4.21. The summed E-state index contributed by atoms with van der Waals surface area (Å²) in [4.78, 5) is 6.79. The number of rotatable bonds is 6. The number of nitrogens with one attached hydrogen (secondary N) is 1. The summed E-state index contributed by atoms with van der Waals surface area (Å²) in [5.74, 6) is 1.85. The number of pyridine rings is 1. The van der Waals surface area contributed by atoms with Crippen LogP contribution >= 0.6 is 0 Å². The summed E-state index contributed by atoms with van der Waals surface area (Å²) in [5.41, 5.74) is 6.08. The first-order valence-electron chi connectivity index (χ1n) is 9.46. The minimum absolute atomic E-state index is 0.612. The van der Waals surface area contributed by atoms with Gasteiger partial charge in [0.25, 0.3) is 0 Å². The zero-order chi connectivity index (χ0) is 19.5. The molecule has 1 aliphatic rings. The van der Waals surface area contributed by atoms with Crippen molar-refractivity contribution in [1.29, 1.82) is 0 Å². The number of nitrogens with zero attached hydrogens (tertiary/aromatic N) is 3. The van der Waals surface area contributed by atoms with Crippen molar-refractivity contribution >= 4 is 11.5 Å². The summed E-state index contributed by atoms with van der Waals surface area (Å²) < 4.78 is 10.7. The van der Waals surface area contributed by atoms with Crippen LogP contribution in [0, 0.1) is 0 Å². The maximum absolute atomic E-state index is 5.37. The average Bonchev–Trinajstić information content (AvgIpc) is 2.76. The second kappa shape index (κ2) is 11.2. The Kier molecular flexibility index (Phi) is 8.58. The first kappa shape index (κ1) is 20.7. The number of morpholine rings is 1. The zero-order valence-corrected chi connectivity index (χ0v) is 16.7. The molecule has 0 amide bonds. The third-order valence-electron chi connectivity index (χ3n) is 4.21. The quantitative estimate of drug-likeness (QED) is 0.623. The molecule has 0 unspecified atom stereocenters. The Labute approximate surface area is 162 Å². The van der Waals surface area contributed by atoms with Gasteiger partial charge >= 0.3 is 0 Å². The first-order valence-corrected chi connectivity index (χ1v) is 9.46. The van der Waals surface area contributed by atoms with E-state index in [0.29, 0.717) is 6.54 Å². The number of anilines is 1. The summed E-state index contributed by atoms with van der Waals surface area (Å²) in [7, 11) is 1.68. The van der Waals surface area contributed by atoms with Crippen LogP contribution in [-0.4, -0.2) is 44.1 Å². The van der Waals surface area contributed by atoms with E-state index in [2.05, 4.69) is 26.5 Å². The highest BCUT2D eigenvalue weighted by atomic mass is 16.5. The van der Waals surface area contributed by atoms with E-state index in [1.165, 1.54) is 0 Å². The van der Waals surface area contributed by atoms with Crippen molar-refractivity contribution in [1.82, 2.24) is 10.4 Å². The lowest BCUT2D eigenvalue weighted by Crippen LogP contribution is -2.36. The second-order valence-corrected chi connectivity index (χ2v) is 5.85. The molecule has 6 heteroatoms. The van der Waals surface area contributed by atoms with Gasteiger partial charge in [0.1, 0.15) is 11.6 Å². The lowest BCUT2D eigenvalue weighted by molar-refractivity contribution is 0.122. The van der Waals surface area contributed by atoms with Gasteiger partial charge in [0, 0.05) is 30.4 Å². The van der Waals surface area contributed by atoms with Crippen molar-refractivity contribution < 1.29 is 9.47 Å². The Morgan fingerprint density at radius 1 is 1.19 bits per heavy atom. The normalized spacial score (nSPS) is 14.2. The SMILES string of the molecule is CC.COc1ccccc1CN/N=C(\C)c1ccc(N2CCOCC2)nc1. The van der Waals surface area contributed by atoms with Gasteiger partial charge in [-0.3, -0.25) is 0 Å². The molecule has 1 aliphatic heterocycles. The lowest BCUT2D eigenvalue weighted by Gasteiger charge is -2.27. The van der Waals surface area contributed by atoms with Crippen LogP contribution in [0.1, 0.15) is 31.9 Å². The van der Waals surface area contributed by atoms with E-state index >= 15 is 0 Å². The molecule has 0 spiro atoms. The Bertz CT molecular complexity index is 710. The predicted octanol–water partition coefficient (Wildman–Crippen LogP) is 3.47. The van der Waals surface area contributed by atoms with Gasteiger partial charge in [-0.1, -0.05) is 32.0 Å². The smallest absolute Gasteiger partial charge is 0.128 e. The van der Waals surface area contributed by atoms with Gasteiger partial charge < -0.3 is 19.8 Å². The molecule has 0 bridgehead atoms. The highest BCUT2D eigenvalue weighted by molar-refractivity contribution is 5.98. The van der Waals surface area contributed by atoms with Crippen LogP contribution in [0.3, 0.4) is 0 Å². The van der Waals surface area contributed by atoms with Crippen LogP contribution in [0.2, 0.25) is 0 Å². The standard InChI is InChI=1S/C19H24N4O2.C2H6/c1-15(22-21-14-17-5-3-4-6-18(17)24-2)16-7-8-19(20-13-16)23-9-11-25-12-10-23;1-2/h3-8,13,21H,9-12,14H2,1-2H3;1-2H3/b22-15+;. The molecular weight excluding hydrogens is 340 g/mol. The molecule has 2 heterocycles. The number of aromatic nitrogens is 1. The largest absolute Gasteiger partial charge is 0.496 e. The fourth-order valence-electron chi connectivity index (χ4n) is 2.74. The van der Waals surface area contributed by atoms with E-state index in [0.717, 1.165) is 54.7 Å². The maximum atomic E-state index is 5.37. The number of benzene rings is 1. The van der Waals surface area contributed by atoms with Gasteiger partial charge in [-0.25, -0.2) is 4.98 Å². The third kappa shape index (κ3) is 5.96. The summed E-state index contributed by atoms with van der Waals surface area (Å²) in [6.45, 7) is 9.88. The van der Waals surface area contributed by atoms with Crippen LogP contribution in [-0.2, 0) is 11.3 Å². The van der Waals surface area contributed by atoms with Gasteiger partial charge in [0.05, 0.1) is 32.6 Å². The molecule has 1 saturated heterocycles. The molecule has 0 aliphatic carbocycles. The topological polar surface area (TPSA) is 59.0 Å². The molecule has 6 nitrogen and oxygen atoms in total. The van der Waals surface area contributed by atoms with Gasteiger partial charge in [-0.05, 0) is 25.1 Å². The maximum Gasteiger partial charge on any atom is 0.128 e. The molecule has 0 radical (unpaired) electrons. The van der Waals surface area contributed by atoms with Crippen molar-refractivity contribution in [2.75, 3.05) is 38.3 Å². The van der Waals surface area contributed by atoms with Crippen LogP contribution < -0.4 is 15.1 Å². The van der Waals surface area contributed by atoms with E-state index in [1.807, 2.05) is 57.3 Å². The fraction of sp³-hybridized carbons (Fsp3) is 0.429. The molecule has 146 valence electrons. The van der Waals surface area contributed by atoms with Crippen LogP contribution in [0.15, 0.2) is 47.7 Å². The zero-order valence-electron chi connectivity index (χ0n) is 16.7. The molecule has 1 fully saturated rings. The molecule has 3 rings (SSSR count). The van der Waals surface area contributed by atoms with Crippen LogP contribution in [0.4, 0.5) is 5.82 Å². The minimum Gasteiger partial charge on any atom is -0.496 e. The Balaban J connectivity index is 0.00000126. The Morgan fingerprint density at radius 3 is 2.59 bits per heavy atom. The molecular formula is C21H30N4O2. The van der Waals surface area contributed by atoms with Crippen molar-refractivity contribution in [2.24, 2.45) is 5.10 Å². The summed E-state index contributed by atoms with van der Waals surface area (Å²) in [6, 6.07) is 12.0. The fourth-order valence-corrected chi connectivity index (χ4v) is 2.74. The van der Waals surface area contributed by atoms with Gasteiger partial charge in [-0.15, -0.1) is 0 Å². The lowest BCUT2D eigenvalue weighted by atomic mass is 10.2. The number of para-hydroxylation sites is 1. The average molecular weight is 370 g/mol. The Morgan fingerprint density at radius 2 is 1.93 bits per heavy atom. The summed E-state index contributed by atoms with van der Waals surface area (Å²) >= 11 is 0.